The van der Waals surface area contributed by atoms with Crippen LogP contribution in [-0.2, 0) is 10.4 Å². The molecule has 6 N–H and O–H groups in total. The van der Waals surface area contributed by atoms with Crippen molar-refractivity contribution in [1.82, 2.24) is 0 Å². The summed E-state index contributed by atoms with van der Waals surface area (Å²) < 4.78 is 34.1. The van der Waals surface area contributed by atoms with Gasteiger partial charge in [-0.3, -0.25) is 8.42 Å². The molecule has 0 saturated heterocycles. The van der Waals surface area contributed by atoms with Gasteiger partial charge in [0.1, 0.15) is 0 Å². The van der Waals surface area contributed by atoms with Crippen LogP contribution >= 0.6 is 14.5 Å². The molecule has 10 nitrogen and oxygen atoms in total. The topological polar surface area (TPSA) is 202 Å². The molecule has 0 heterocycles. The van der Waals surface area contributed by atoms with Gasteiger partial charge in [0.2, 0.25) is 0 Å². The van der Waals surface area contributed by atoms with Gasteiger partial charge in [0, 0.05) is 10.4 Å². The van der Waals surface area contributed by atoms with E-state index in [2.05, 4.69) is 13.8 Å². The van der Waals surface area contributed by atoms with Crippen LogP contribution in [0.3, 0.4) is 0 Å². The summed E-state index contributed by atoms with van der Waals surface area (Å²) in [7, 11) is -8.82. The van der Waals surface area contributed by atoms with Crippen molar-refractivity contribution in [2.75, 3.05) is 50.4 Å². The average Bonchev–Trinajstić information content (AvgIpc) is 2.84. The fourth-order valence-electron chi connectivity index (χ4n) is 3.15. The first-order chi connectivity index (χ1) is 16.5. The molecule has 216 valence electrons. The smallest absolute Gasteiger partial charge is 0.158 e. The Morgan fingerprint density at radius 3 is 0.886 bits per heavy atom. The van der Waals surface area contributed by atoms with E-state index in [0.717, 1.165) is 38.0 Å². The summed E-state index contributed by atoms with van der Waals surface area (Å²) >= 11 is 0. The van der Waals surface area contributed by atoms with Gasteiger partial charge in [-0.1, -0.05) is 65.2 Å². The second-order valence-corrected chi connectivity index (χ2v) is 17.7. The van der Waals surface area contributed by atoms with Crippen molar-refractivity contribution in [2.24, 2.45) is 0 Å². The monoisotopic (exact) mass is 570 g/mol. The SMILES string of the molecule is CCCCCCCC[P+](CO)(CO)CO.CCCCCCCC[P+](CO)(CO)CO.O=S(=O)([O-])[O-]. The van der Waals surface area contributed by atoms with Crippen molar-refractivity contribution in [3.05, 3.63) is 0 Å². The van der Waals surface area contributed by atoms with Crippen LogP contribution in [0.2, 0.25) is 0 Å². The predicted octanol–water partition coefficient (Wildman–Crippen LogP) is 3.09. The van der Waals surface area contributed by atoms with Crippen LogP contribution in [0.5, 0.6) is 0 Å². The zero-order chi connectivity index (χ0) is 27.6. The quantitative estimate of drug-likeness (QED) is 0.0546. The molecule has 0 saturated carbocycles. The molecule has 0 aromatic heterocycles. The van der Waals surface area contributed by atoms with E-state index in [1.54, 1.807) is 0 Å². The Balaban J connectivity index is -0.000000491. The van der Waals surface area contributed by atoms with Gasteiger partial charge in [0.25, 0.3) is 0 Å². The standard InChI is InChI=1S/2C11H26O3P.H2O4S/c2*1-2-3-4-5-6-7-8-15(9-12,10-13)11-14;1-5(2,3)4/h2*12-14H,2-11H2,1H3;(H2,1,2,3,4)/q2*+1;/p-2. The van der Waals surface area contributed by atoms with Crippen molar-refractivity contribution >= 4 is 24.9 Å². The molecule has 0 aromatic carbocycles. The molecule has 0 spiro atoms. The Morgan fingerprint density at radius 1 is 0.486 bits per heavy atom. The Labute approximate surface area is 214 Å². The highest BCUT2D eigenvalue weighted by molar-refractivity contribution is 7.79. The van der Waals surface area contributed by atoms with Crippen LogP contribution in [0.15, 0.2) is 0 Å². The molecule has 0 bridgehead atoms. The van der Waals surface area contributed by atoms with Crippen molar-refractivity contribution in [3.63, 3.8) is 0 Å². The second kappa shape index (κ2) is 26.1. The van der Waals surface area contributed by atoms with Crippen LogP contribution in [-0.4, -0.2) is 98.6 Å². The normalized spacial score (nSPS) is 11.9. The molecule has 35 heavy (non-hydrogen) atoms. The molecule has 0 aliphatic rings. The van der Waals surface area contributed by atoms with Crippen molar-refractivity contribution in [3.8, 4) is 0 Å². The highest BCUT2D eigenvalue weighted by Gasteiger charge is 2.35. The Bertz CT molecular complexity index is 474. The molecule has 0 aliphatic carbocycles. The minimum absolute atomic E-state index is 0.0189. The number of unbranched alkanes of at least 4 members (excludes halogenated alkanes) is 10. The molecule has 0 aromatic rings. The molecular formula is C22H52O10P2S. The maximum Gasteiger partial charge on any atom is 0.158 e. The highest BCUT2D eigenvalue weighted by Crippen LogP contribution is 2.57. The molecule has 0 radical (unpaired) electrons. The molecule has 0 atom stereocenters. The fraction of sp³-hybridized carbons (Fsp3) is 1.00. The van der Waals surface area contributed by atoms with E-state index in [-0.39, 0.29) is 38.1 Å². The summed E-state index contributed by atoms with van der Waals surface area (Å²) in [6.45, 7) is 4.39. The van der Waals surface area contributed by atoms with Crippen LogP contribution in [0.25, 0.3) is 0 Å². The van der Waals surface area contributed by atoms with Gasteiger partial charge < -0.3 is 39.7 Å². The summed E-state index contributed by atoms with van der Waals surface area (Å²) in [6, 6.07) is 0. The van der Waals surface area contributed by atoms with E-state index in [1.807, 2.05) is 0 Å². The minimum atomic E-state index is -5.17. The van der Waals surface area contributed by atoms with Gasteiger partial charge in [-0.05, 0) is 25.7 Å². The molecule has 0 rings (SSSR count). The summed E-state index contributed by atoms with van der Waals surface area (Å²) in [5.74, 6) is 0. The third-order valence-electron chi connectivity index (χ3n) is 5.77. The van der Waals surface area contributed by atoms with Crippen molar-refractivity contribution < 1.29 is 48.2 Å². The first-order valence-corrected chi connectivity index (χ1v) is 18.9. The number of aliphatic hydroxyl groups excluding tert-OH is 6. The van der Waals surface area contributed by atoms with Crippen LogP contribution in [0.1, 0.15) is 90.9 Å². The third-order valence-corrected chi connectivity index (χ3v) is 11.9. The van der Waals surface area contributed by atoms with Crippen molar-refractivity contribution in [1.29, 1.82) is 0 Å². The lowest BCUT2D eigenvalue weighted by atomic mass is 10.1. The first-order valence-electron chi connectivity index (χ1n) is 12.5. The number of hydrogen-bond acceptors (Lipinski definition) is 10. The molecule has 0 amide bonds. The molecular weight excluding hydrogens is 518 g/mol. The van der Waals surface area contributed by atoms with Crippen LogP contribution in [0.4, 0.5) is 0 Å². The van der Waals surface area contributed by atoms with E-state index in [0.29, 0.717) is 0 Å². The number of hydrogen-bond donors (Lipinski definition) is 6. The Kier molecular flexibility index (Phi) is 29.8. The summed E-state index contributed by atoms with van der Waals surface area (Å²) in [4.78, 5) is 0. The lowest BCUT2D eigenvalue weighted by Crippen LogP contribution is -2.11. The van der Waals surface area contributed by atoms with Gasteiger partial charge in [0.15, 0.2) is 38.1 Å². The molecule has 13 heteroatoms. The van der Waals surface area contributed by atoms with Crippen molar-refractivity contribution in [2.45, 2.75) is 90.9 Å². The zero-order valence-electron chi connectivity index (χ0n) is 21.8. The van der Waals surface area contributed by atoms with Gasteiger partial charge in [-0.2, -0.15) is 0 Å². The maximum atomic E-state index is 9.15. The lowest BCUT2D eigenvalue weighted by molar-refractivity contribution is 0.310. The van der Waals surface area contributed by atoms with E-state index < -0.39 is 24.9 Å². The first kappa shape index (κ1) is 40.0. The largest absolute Gasteiger partial charge is 0.759 e. The minimum Gasteiger partial charge on any atom is -0.759 e. The Hall–Kier alpha value is 0.490. The van der Waals surface area contributed by atoms with E-state index in [1.165, 1.54) is 51.4 Å². The fourth-order valence-corrected chi connectivity index (χ4v) is 6.32. The van der Waals surface area contributed by atoms with Gasteiger partial charge in [-0.25, -0.2) is 0 Å². The summed E-state index contributed by atoms with van der Waals surface area (Å²) in [5.41, 5.74) is 0. The Morgan fingerprint density at radius 2 is 0.686 bits per heavy atom. The zero-order valence-corrected chi connectivity index (χ0v) is 24.4. The van der Waals surface area contributed by atoms with E-state index >= 15 is 0 Å². The van der Waals surface area contributed by atoms with E-state index in [9.17, 15) is 0 Å². The third kappa shape index (κ3) is 27.3. The lowest BCUT2D eigenvalue weighted by Gasteiger charge is -2.19. The van der Waals surface area contributed by atoms with Gasteiger partial charge >= 0.3 is 0 Å². The van der Waals surface area contributed by atoms with E-state index in [4.69, 9.17) is 48.2 Å². The van der Waals surface area contributed by atoms with Gasteiger partial charge in [0.05, 0.1) is 26.8 Å². The van der Waals surface area contributed by atoms with Crippen LogP contribution in [0, 0.1) is 0 Å². The highest BCUT2D eigenvalue weighted by atomic mass is 32.3. The number of aliphatic hydroxyl groups is 6. The van der Waals surface area contributed by atoms with Gasteiger partial charge in [-0.15, -0.1) is 0 Å². The predicted molar refractivity (Wildman–Crippen MR) is 143 cm³/mol. The summed E-state index contributed by atoms with van der Waals surface area (Å²) in [5, 5.41) is 54.9. The maximum absolute atomic E-state index is 9.15. The average molecular weight is 571 g/mol. The molecule has 0 fully saturated rings. The summed E-state index contributed by atoms with van der Waals surface area (Å²) in [6.07, 6.45) is 16.0. The second-order valence-electron chi connectivity index (χ2n) is 8.92. The molecule has 0 unspecified atom stereocenters. The van der Waals surface area contributed by atoms with Crippen LogP contribution < -0.4 is 0 Å². The number of rotatable bonds is 20. The molecule has 0 aliphatic heterocycles.